The largest absolute Gasteiger partial charge is 0.393 e. The molecule has 4 unspecified atom stereocenters. The number of nitrogens with zero attached hydrogens (tertiary/aromatic N) is 1. The van der Waals surface area contributed by atoms with Gasteiger partial charge in [0.1, 0.15) is 0 Å². The van der Waals surface area contributed by atoms with Gasteiger partial charge in [-0.1, -0.05) is 26.2 Å². The van der Waals surface area contributed by atoms with Crippen molar-refractivity contribution < 1.29 is 9.90 Å². The van der Waals surface area contributed by atoms with E-state index < -0.39 is 0 Å². The molecule has 0 bridgehead atoms. The Morgan fingerprint density at radius 3 is 2.65 bits per heavy atom. The normalized spacial score (nSPS) is 35.1. The Labute approximate surface area is 141 Å². The number of carbonyl (C=O) groups excluding carboxylic acids is 1. The van der Waals surface area contributed by atoms with Gasteiger partial charge in [-0.05, 0) is 58.0 Å². The number of urea groups is 1. The van der Waals surface area contributed by atoms with E-state index in [1.807, 2.05) is 0 Å². The third-order valence-electron chi connectivity index (χ3n) is 5.90. The maximum atomic E-state index is 12.2. The van der Waals surface area contributed by atoms with Crippen LogP contribution in [0, 0.1) is 11.8 Å². The number of likely N-dealkylation sites (N-methyl/N-ethyl adjacent to an activating group) is 1. The Morgan fingerprint density at radius 1 is 1.22 bits per heavy atom. The molecule has 0 radical (unpaired) electrons. The van der Waals surface area contributed by atoms with Crippen LogP contribution < -0.4 is 10.6 Å². The van der Waals surface area contributed by atoms with Crippen molar-refractivity contribution in [2.24, 2.45) is 11.8 Å². The van der Waals surface area contributed by atoms with E-state index >= 15 is 0 Å². The zero-order chi connectivity index (χ0) is 16.9. The fourth-order valence-corrected chi connectivity index (χ4v) is 4.35. The van der Waals surface area contributed by atoms with Gasteiger partial charge in [-0.25, -0.2) is 4.79 Å². The van der Waals surface area contributed by atoms with E-state index in [-0.39, 0.29) is 17.7 Å². The van der Waals surface area contributed by atoms with E-state index in [2.05, 4.69) is 36.6 Å². The second-order valence-corrected chi connectivity index (χ2v) is 8.07. The maximum Gasteiger partial charge on any atom is 0.314 e. The molecule has 4 atom stereocenters. The van der Waals surface area contributed by atoms with Gasteiger partial charge < -0.3 is 20.6 Å². The number of hydrogen-bond acceptors (Lipinski definition) is 3. The second-order valence-electron chi connectivity index (χ2n) is 8.07. The van der Waals surface area contributed by atoms with E-state index in [4.69, 9.17) is 0 Å². The highest BCUT2D eigenvalue weighted by atomic mass is 16.3. The van der Waals surface area contributed by atoms with Gasteiger partial charge in [-0.15, -0.1) is 0 Å². The smallest absolute Gasteiger partial charge is 0.314 e. The second kappa shape index (κ2) is 8.34. The Balaban J connectivity index is 1.75. The van der Waals surface area contributed by atoms with E-state index in [1.165, 1.54) is 12.8 Å². The van der Waals surface area contributed by atoms with Crippen LogP contribution in [-0.4, -0.2) is 54.9 Å². The lowest BCUT2D eigenvalue weighted by Gasteiger charge is -2.45. The molecule has 5 nitrogen and oxygen atoms in total. The zero-order valence-electron chi connectivity index (χ0n) is 15.1. The first-order valence-electron chi connectivity index (χ1n) is 9.28. The molecule has 134 valence electrons. The SMILES string of the molecule is CC1CCCC(CNC(=O)NCC2CCCC(O)C2)(N(C)C)C1. The van der Waals surface area contributed by atoms with Crippen LogP contribution in [0.4, 0.5) is 4.79 Å². The molecule has 0 aromatic rings. The Kier molecular flexibility index (Phi) is 6.72. The van der Waals surface area contributed by atoms with Crippen LogP contribution in [0.2, 0.25) is 0 Å². The van der Waals surface area contributed by atoms with Crippen molar-refractivity contribution in [3.8, 4) is 0 Å². The summed E-state index contributed by atoms with van der Waals surface area (Å²) in [6.45, 7) is 3.70. The summed E-state index contributed by atoms with van der Waals surface area (Å²) in [7, 11) is 4.25. The number of carbonyl (C=O) groups is 1. The van der Waals surface area contributed by atoms with Crippen LogP contribution in [0.5, 0.6) is 0 Å². The molecule has 0 spiro atoms. The van der Waals surface area contributed by atoms with Crippen LogP contribution in [0.3, 0.4) is 0 Å². The molecule has 0 saturated heterocycles. The van der Waals surface area contributed by atoms with Gasteiger partial charge in [0, 0.05) is 18.6 Å². The topological polar surface area (TPSA) is 64.6 Å². The number of nitrogens with one attached hydrogen (secondary N) is 2. The lowest BCUT2D eigenvalue weighted by Crippen LogP contribution is -2.56. The standard InChI is InChI=1S/C18H35N3O2/c1-14-6-5-9-18(11-14,21(2)3)13-20-17(23)19-12-15-7-4-8-16(22)10-15/h14-16,22H,4-13H2,1-3H3,(H2,19,20,23). The van der Waals surface area contributed by atoms with Crippen LogP contribution in [0.1, 0.15) is 58.3 Å². The first-order chi connectivity index (χ1) is 10.9. The molecule has 2 amide bonds. The predicted octanol–water partition coefficient (Wildman–Crippen LogP) is 2.35. The monoisotopic (exact) mass is 325 g/mol. The van der Waals surface area contributed by atoms with Gasteiger partial charge in [-0.3, -0.25) is 0 Å². The minimum Gasteiger partial charge on any atom is -0.393 e. The minimum absolute atomic E-state index is 0.0653. The van der Waals surface area contributed by atoms with Gasteiger partial charge in [0.15, 0.2) is 0 Å². The van der Waals surface area contributed by atoms with Crippen LogP contribution in [-0.2, 0) is 0 Å². The molecule has 3 N–H and O–H groups in total. The summed E-state index contributed by atoms with van der Waals surface area (Å²) in [6, 6.07) is -0.0653. The molecule has 2 saturated carbocycles. The molecule has 2 rings (SSSR count). The van der Waals surface area contributed by atoms with Crippen LogP contribution >= 0.6 is 0 Å². The van der Waals surface area contributed by atoms with Crippen molar-refractivity contribution in [1.82, 2.24) is 15.5 Å². The van der Waals surface area contributed by atoms with Crippen molar-refractivity contribution in [1.29, 1.82) is 0 Å². The third-order valence-corrected chi connectivity index (χ3v) is 5.90. The third kappa shape index (κ3) is 5.35. The number of aliphatic hydroxyl groups excluding tert-OH is 1. The molecular formula is C18H35N3O2. The minimum atomic E-state index is -0.181. The maximum absolute atomic E-state index is 12.2. The summed E-state index contributed by atoms with van der Waals surface area (Å²) in [5, 5.41) is 15.8. The van der Waals surface area contributed by atoms with E-state index in [1.54, 1.807) is 0 Å². The Bertz CT molecular complexity index is 388. The van der Waals surface area contributed by atoms with E-state index in [0.29, 0.717) is 19.0 Å². The summed E-state index contributed by atoms with van der Waals surface area (Å²) >= 11 is 0. The van der Waals surface area contributed by atoms with Gasteiger partial charge in [0.2, 0.25) is 0 Å². The van der Waals surface area contributed by atoms with Crippen molar-refractivity contribution >= 4 is 6.03 Å². The van der Waals surface area contributed by atoms with Gasteiger partial charge in [0.25, 0.3) is 0 Å². The van der Waals surface area contributed by atoms with Gasteiger partial charge in [-0.2, -0.15) is 0 Å². The number of hydrogen-bond donors (Lipinski definition) is 3. The van der Waals surface area contributed by atoms with Crippen molar-refractivity contribution in [3.63, 3.8) is 0 Å². The van der Waals surface area contributed by atoms with Crippen molar-refractivity contribution in [2.45, 2.75) is 69.9 Å². The number of aliphatic hydroxyl groups is 1. The molecule has 2 aliphatic rings. The van der Waals surface area contributed by atoms with Crippen molar-refractivity contribution in [2.75, 3.05) is 27.2 Å². The molecule has 0 aromatic carbocycles. The van der Waals surface area contributed by atoms with Gasteiger partial charge in [0.05, 0.1) is 6.10 Å². The summed E-state index contributed by atoms with van der Waals surface area (Å²) in [5.74, 6) is 1.14. The molecule has 2 aliphatic carbocycles. The highest BCUT2D eigenvalue weighted by Crippen LogP contribution is 2.35. The quantitative estimate of drug-likeness (QED) is 0.727. The lowest BCUT2D eigenvalue weighted by atomic mass is 9.75. The Hall–Kier alpha value is -0.810. The average molecular weight is 325 g/mol. The number of amides is 2. The average Bonchev–Trinajstić information content (AvgIpc) is 2.51. The molecule has 2 fully saturated rings. The first-order valence-corrected chi connectivity index (χ1v) is 9.28. The fraction of sp³-hybridized carbons (Fsp3) is 0.944. The lowest BCUT2D eigenvalue weighted by molar-refractivity contribution is 0.0769. The molecule has 0 aliphatic heterocycles. The van der Waals surface area contributed by atoms with Crippen LogP contribution in [0.15, 0.2) is 0 Å². The fourth-order valence-electron chi connectivity index (χ4n) is 4.35. The summed E-state index contributed by atoms with van der Waals surface area (Å²) in [4.78, 5) is 14.4. The highest BCUT2D eigenvalue weighted by Gasteiger charge is 2.37. The van der Waals surface area contributed by atoms with Gasteiger partial charge >= 0.3 is 6.03 Å². The summed E-state index contributed by atoms with van der Waals surface area (Å²) in [5.41, 5.74) is 0.0933. The Morgan fingerprint density at radius 2 is 2.00 bits per heavy atom. The van der Waals surface area contributed by atoms with E-state index in [9.17, 15) is 9.90 Å². The van der Waals surface area contributed by atoms with Crippen molar-refractivity contribution in [3.05, 3.63) is 0 Å². The molecule has 5 heteroatoms. The highest BCUT2D eigenvalue weighted by molar-refractivity contribution is 5.73. The summed E-state index contributed by atoms with van der Waals surface area (Å²) in [6.07, 6.45) is 8.56. The first kappa shape index (κ1) is 18.5. The van der Waals surface area contributed by atoms with Crippen LogP contribution in [0.25, 0.3) is 0 Å². The van der Waals surface area contributed by atoms with E-state index in [0.717, 1.165) is 44.4 Å². The molecule has 23 heavy (non-hydrogen) atoms. The summed E-state index contributed by atoms with van der Waals surface area (Å²) < 4.78 is 0. The number of rotatable bonds is 5. The molecular weight excluding hydrogens is 290 g/mol. The zero-order valence-corrected chi connectivity index (χ0v) is 15.1. The molecule has 0 heterocycles. The predicted molar refractivity (Wildman–Crippen MR) is 93.4 cm³/mol. The molecule has 0 aromatic heterocycles.